The van der Waals surface area contributed by atoms with Crippen LogP contribution in [0, 0.1) is 6.92 Å². The molecule has 1 heterocycles. The summed E-state index contributed by atoms with van der Waals surface area (Å²) in [6.45, 7) is 7.24. The van der Waals surface area contributed by atoms with E-state index in [1.807, 2.05) is 13.0 Å². The third-order valence-electron chi connectivity index (χ3n) is 2.76. The molecule has 0 bridgehead atoms. The van der Waals surface area contributed by atoms with Crippen molar-refractivity contribution >= 4 is 0 Å². The fraction of sp³-hybridized carbons (Fsp3) is 0.538. The number of morpholine rings is 1. The second kappa shape index (κ2) is 5.32. The SMILES string of the molecule is CCOc1ccc(C)cc1C1COCCN1. The average molecular weight is 221 g/mol. The van der Waals surface area contributed by atoms with E-state index in [1.54, 1.807) is 0 Å². The Hall–Kier alpha value is -1.06. The molecule has 1 atom stereocenters. The summed E-state index contributed by atoms with van der Waals surface area (Å²) in [7, 11) is 0. The third kappa shape index (κ3) is 2.54. The van der Waals surface area contributed by atoms with Gasteiger partial charge >= 0.3 is 0 Å². The Labute approximate surface area is 96.8 Å². The van der Waals surface area contributed by atoms with Crippen molar-refractivity contribution in [3.63, 3.8) is 0 Å². The van der Waals surface area contributed by atoms with E-state index in [2.05, 4.69) is 24.4 Å². The van der Waals surface area contributed by atoms with Gasteiger partial charge in [-0.25, -0.2) is 0 Å². The summed E-state index contributed by atoms with van der Waals surface area (Å²) < 4.78 is 11.1. The van der Waals surface area contributed by atoms with Crippen molar-refractivity contribution in [1.29, 1.82) is 0 Å². The van der Waals surface area contributed by atoms with Crippen LogP contribution in [0.2, 0.25) is 0 Å². The summed E-state index contributed by atoms with van der Waals surface area (Å²) in [6.07, 6.45) is 0. The van der Waals surface area contributed by atoms with Gasteiger partial charge in [-0.05, 0) is 19.9 Å². The molecule has 3 nitrogen and oxygen atoms in total. The number of hydrogen-bond acceptors (Lipinski definition) is 3. The molecule has 0 spiro atoms. The molecule has 1 aliphatic heterocycles. The van der Waals surface area contributed by atoms with Gasteiger partial charge in [-0.1, -0.05) is 17.7 Å². The van der Waals surface area contributed by atoms with Gasteiger partial charge in [-0.15, -0.1) is 0 Å². The van der Waals surface area contributed by atoms with Crippen LogP contribution in [0.1, 0.15) is 24.1 Å². The van der Waals surface area contributed by atoms with Crippen LogP contribution in [0.3, 0.4) is 0 Å². The summed E-state index contributed by atoms with van der Waals surface area (Å²) >= 11 is 0. The molecule has 1 saturated heterocycles. The standard InChI is InChI=1S/C13H19NO2/c1-3-16-13-5-4-10(2)8-11(13)12-9-15-7-6-14-12/h4-5,8,12,14H,3,6-7,9H2,1-2H3. The van der Waals surface area contributed by atoms with Crippen LogP contribution in [-0.2, 0) is 4.74 Å². The quantitative estimate of drug-likeness (QED) is 0.847. The highest BCUT2D eigenvalue weighted by Gasteiger charge is 2.19. The minimum absolute atomic E-state index is 0.259. The molecule has 1 aromatic rings. The molecule has 1 aliphatic rings. The first-order valence-electron chi connectivity index (χ1n) is 5.85. The molecule has 0 aromatic heterocycles. The molecule has 0 amide bonds. The maximum atomic E-state index is 5.65. The Morgan fingerprint density at radius 2 is 2.38 bits per heavy atom. The van der Waals surface area contributed by atoms with Gasteiger partial charge < -0.3 is 14.8 Å². The molecule has 0 radical (unpaired) electrons. The molecule has 0 aliphatic carbocycles. The number of benzene rings is 1. The lowest BCUT2D eigenvalue weighted by atomic mass is 10.0. The number of ether oxygens (including phenoxy) is 2. The maximum absolute atomic E-state index is 5.65. The fourth-order valence-electron chi connectivity index (χ4n) is 1.99. The van der Waals surface area contributed by atoms with Crippen LogP contribution < -0.4 is 10.1 Å². The minimum atomic E-state index is 0.259. The first-order valence-corrected chi connectivity index (χ1v) is 5.85. The first-order chi connectivity index (χ1) is 7.81. The zero-order valence-corrected chi connectivity index (χ0v) is 9.95. The van der Waals surface area contributed by atoms with Crippen LogP contribution >= 0.6 is 0 Å². The lowest BCUT2D eigenvalue weighted by molar-refractivity contribution is 0.0758. The Bertz CT molecular complexity index is 346. The summed E-state index contributed by atoms with van der Waals surface area (Å²) in [4.78, 5) is 0. The van der Waals surface area contributed by atoms with Crippen molar-refractivity contribution in [3.8, 4) is 5.75 Å². The number of aryl methyl sites for hydroxylation is 1. The van der Waals surface area contributed by atoms with Gasteiger partial charge in [-0.2, -0.15) is 0 Å². The molecule has 1 N–H and O–H groups in total. The van der Waals surface area contributed by atoms with Crippen LogP contribution in [0.25, 0.3) is 0 Å². The van der Waals surface area contributed by atoms with Crippen LogP contribution in [-0.4, -0.2) is 26.4 Å². The first kappa shape index (κ1) is 11.4. The lowest BCUT2D eigenvalue weighted by Crippen LogP contribution is -2.34. The number of rotatable bonds is 3. The minimum Gasteiger partial charge on any atom is -0.494 e. The Balaban J connectivity index is 2.24. The zero-order valence-electron chi connectivity index (χ0n) is 9.95. The molecule has 3 heteroatoms. The Morgan fingerprint density at radius 3 is 3.06 bits per heavy atom. The van der Waals surface area contributed by atoms with Gasteiger partial charge in [0.2, 0.25) is 0 Å². The summed E-state index contributed by atoms with van der Waals surface area (Å²) in [5, 5.41) is 3.46. The van der Waals surface area contributed by atoms with E-state index < -0.39 is 0 Å². The van der Waals surface area contributed by atoms with Gasteiger partial charge in [-0.3, -0.25) is 0 Å². The Morgan fingerprint density at radius 1 is 1.50 bits per heavy atom. The van der Waals surface area contributed by atoms with E-state index in [1.165, 1.54) is 11.1 Å². The lowest BCUT2D eigenvalue weighted by Gasteiger charge is -2.26. The third-order valence-corrected chi connectivity index (χ3v) is 2.76. The molecule has 16 heavy (non-hydrogen) atoms. The zero-order chi connectivity index (χ0) is 11.4. The molecule has 0 saturated carbocycles. The second-order valence-corrected chi connectivity index (χ2v) is 4.06. The molecular weight excluding hydrogens is 202 g/mol. The number of nitrogens with one attached hydrogen (secondary N) is 1. The summed E-state index contributed by atoms with van der Waals surface area (Å²) in [5.74, 6) is 0.969. The van der Waals surface area contributed by atoms with Crippen molar-refractivity contribution in [3.05, 3.63) is 29.3 Å². The molecule has 2 rings (SSSR count). The Kier molecular flexibility index (Phi) is 3.80. The van der Waals surface area contributed by atoms with E-state index in [9.17, 15) is 0 Å². The van der Waals surface area contributed by atoms with E-state index in [4.69, 9.17) is 9.47 Å². The molecule has 1 fully saturated rings. The number of hydrogen-bond donors (Lipinski definition) is 1. The largest absolute Gasteiger partial charge is 0.494 e. The van der Waals surface area contributed by atoms with Crippen molar-refractivity contribution in [2.24, 2.45) is 0 Å². The van der Waals surface area contributed by atoms with E-state index in [-0.39, 0.29) is 6.04 Å². The van der Waals surface area contributed by atoms with Gasteiger partial charge in [0.15, 0.2) is 0 Å². The van der Waals surface area contributed by atoms with Gasteiger partial charge in [0.05, 0.1) is 25.9 Å². The monoisotopic (exact) mass is 221 g/mol. The molecule has 1 unspecified atom stereocenters. The van der Waals surface area contributed by atoms with Crippen LogP contribution in [0.4, 0.5) is 0 Å². The highest BCUT2D eigenvalue weighted by atomic mass is 16.5. The predicted octanol–water partition coefficient (Wildman–Crippen LogP) is 2.05. The highest BCUT2D eigenvalue weighted by molar-refractivity contribution is 5.39. The van der Waals surface area contributed by atoms with E-state index in [0.717, 1.165) is 25.5 Å². The van der Waals surface area contributed by atoms with Gasteiger partial charge in [0.25, 0.3) is 0 Å². The smallest absolute Gasteiger partial charge is 0.124 e. The molecular formula is C13H19NO2. The van der Waals surface area contributed by atoms with Gasteiger partial charge in [0.1, 0.15) is 5.75 Å². The van der Waals surface area contributed by atoms with E-state index >= 15 is 0 Å². The topological polar surface area (TPSA) is 30.5 Å². The molecule has 88 valence electrons. The van der Waals surface area contributed by atoms with Crippen molar-refractivity contribution in [2.45, 2.75) is 19.9 Å². The second-order valence-electron chi connectivity index (χ2n) is 4.06. The highest BCUT2D eigenvalue weighted by Crippen LogP contribution is 2.27. The fourth-order valence-corrected chi connectivity index (χ4v) is 1.99. The normalized spacial score (nSPS) is 20.8. The molecule has 1 aromatic carbocycles. The van der Waals surface area contributed by atoms with Gasteiger partial charge in [0, 0.05) is 12.1 Å². The van der Waals surface area contributed by atoms with Crippen LogP contribution in [0.15, 0.2) is 18.2 Å². The van der Waals surface area contributed by atoms with Crippen molar-refractivity contribution in [1.82, 2.24) is 5.32 Å². The van der Waals surface area contributed by atoms with Crippen LogP contribution in [0.5, 0.6) is 5.75 Å². The van der Waals surface area contributed by atoms with E-state index in [0.29, 0.717) is 6.61 Å². The van der Waals surface area contributed by atoms with Crippen molar-refractivity contribution in [2.75, 3.05) is 26.4 Å². The van der Waals surface area contributed by atoms with Crippen molar-refractivity contribution < 1.29 is 9.47 Å². The summed E-state index contributed by atoms with van der Waals surface area (Å²) in [6, 6.07) is 6.56. The average Bonchev–Trinajstić information content (AvgIpc) is 2.33. The maximum Gasteiger partial charge on any atom is 0.124 e. The predicted molar refractivity (Wildman–Crippen MR) is 63.9 cm³/mol. The summed E-state index contributed by atoms with van der Waals surface area (Å²) in [5.41, 5.74) is 2.47.